The minimum atomic E-state index is -0.339. The van der Waals surface area contributed by atoms with Gasteiger partial charge in [0.15, 0.2) is 5.76 Å². The van der Waals surface area contributed by atoms with Crippen molar-refractivity contribution in [2.24, 2.45) is 0 Å². The van der Waals surface area contributed by atoms with Crippen molar-refractivity contribution in [3.05, 3.63) is 41.9 Å². The number of rotatable bonds is 4. The molecule has 0 bridgehead atoms. The van der Waals surface area contributed by atoms with E-state index in [0.29, 0.717) is 17.2 Å². The number of anilines is 1. The van der Waals surface area contributed by atoms with Crippen LogP contribution in [0.15, 0.2) is 34.9 Å². The highest BCUT2D eigenvalue weighted by atomic mass is 16.5. The van der Waals surface area contributed by atoms with E-state index in [1.165, 1.54) is 6.26 Å². The smallest absolute Gasteiger partial charge is 0.291 e. The van der Waals surface area contributed by atoms with Crippen LogP contribution in [-0.4, -0.2) is 20.1 Å². The maximum Gasteiger partial charge on any atom is 0.291 e. The number of methoxy groups -OCH3 is 2. The molecule has 0 saturated heterocycles. The zero-order valence-corrected chi connectivity index (χ0v) is 11.0. The molecule has 100 valence electrons. The zero-order chi connectivity index (χ0) is 13.8. The van der Waals surface area contributed by atoms with Crippen LogP contribution < -0.4 is 14.8 Å². The molecule has 0 unspecified atom stereocenters. The van der Waals surface area contributed by atoms with Crippen molar-refractivity contribution in [2.75, 3.05) is 19.5 Å². The van der Waals surface area contributed by atoms with Crippen molar-refractivity contribution in [2.45, 2.75) is 6.92 Å². The fraction of sp³-hybridized carbons (Fsp3) is 0.214. The van der Waals surface area contributed by atoms with Crippen LogP contribution in [0.25, 0.3) is 0 Å². The highest BCUT2D eigenvalue weighted by molar-refractivity contribution is 6.03. The quantitative estimate of drug-likeness (QED) is 0.919. The van der Waals surface area contributed by atoms with E-state index in [2.05, 4.69) is 5.32 Å². The number of amides is 1. The van der Waals surface area contributed by atoms with Gasteiger partial charge in [0.2, 0.25) is 0 Å². The summed E-state index contributed by atoms with van der Waals surface area (Å²) in [4.78, 5) is 11.9. The van der Waals surface area contributed by atoms with Crippen molar-refractivity contribution in [1.29, 1.82) is 0 Å². The number of ether oxygens (including phenoxy) is 2. The molecular weight excluding hydrogens is 246 g/mol. The van der Waals surface area contributed by atoms with Gasteiger partial charge in [0, 0.05) is 6.07 Å². The number of benzene rings is 1. The first-order chi connectivity index (χ1) is 9.15. The van der Waals surface area contributed by atoms with Gasteiger partial charge in [-0.25, -0.2) is 0 Å². The van der Waals surface area contributed by atoms with Gasteiger partial charge in [-0.1, -0.05) is 0 Å². The minimum absolute atomic E-state index is 0.238. The molecule has 0 radical (unpaired) electrons. The van der Waals surface area contributed by atoms with Crippen LogP contribution in [0.5, 0.6) is 11.5 Å². The van der Waals surface area contributed by atoms with Crippen LogP contribution in [0.3, 0.4) is 0 Å². The second-order valence-electron chi connectivity index (χ2n) is 3.95. The van der Waals surface area contributed by atoms with E-state index in [9.17, 15) is 4.79 Å². The summed E-state index contributed by atoms with van der Waals surface area (Å²) in [6.45, 7) is 1.90. The molecule has 1 amide bonds. The number of hydrogen-bond acceptors (Lipinski definition) is 4. The SMILES string of the molecule is COc1cc(NC(=O)c2ccco2)c(OC)cc1C. The Morgan fingerprint density at radius 2 is 1.95 bits per heavy atom. The van der Waals surface area contributed by atoms with Crippen LogP contribution in [-0.2, 0) is 0 Å². The molecule has 0 aliphatic rings. The molecule has 2 aromatic rings. The average Bonchev–Trinajstić information content (AvgIpc) is 2.94. The number of furan rings is 1. The summed E-state index contributed by atoms with van der Waals surface area (Å²) in [5, 5.41) is 2.73. The summed E-state index contributed by atoms with van der Waals surface area (Å²) in [6.07, 6.45) is 1.45. The number of nitrogens with one attached hydrogen (secondary N) is 1. The molecule has 1 heterocycles. The van der Waals surface area contributed by atoms with Gasteiger partial charge in [-0.15, -0.1) is 0 Å². The Morgan fingerprint density at radius 1 is 1.21 bits per heavy atom. The summed E-state index contributed by atoms with van der Waals surface area (Å²) >= 11 is 0. The molecule has 0 fully saturated rings. The van der Waals surface area contributed by atoms with Gasteiger partial charge in [0.1, 0.15) is 11.5 Å². The normalized spacial score (nSPS) is 10.1. The van der Waals surface area contributed by atoms with E-state index in [1.54, 1.807) is 38.5 Å². The van der Waals surface area contributed by atoms with E-state index < -0.39 is 0 Å². The van der Waals surface area contributed by atoms with Gasteiger partial charge in [0.05, 0.1) is 26.2 Å². The van der Waals surface area contributed by atoms with Gasteiger partial charge in [-0.05, 0) is 30.7 Å². The van der Waals surface area contributed by atoms with Crippen LogP contribution >= 0.6 is 0 Å². The maximum absolute atomic E-state index is 11.9. The van der Waals surface area contributed by atoms with Crippen LogP contribution in [0.1, 0.15) is 16.1 Å². The lowest BCUT2D eigenvalue weighted by Crippen LogP contribution is -2.12. The number of hydrogen-bond donors (Lipinski definition) is 1. The number of carbonyl (C=O) groups is 1. The third-order valence-corrected chi connectivity index (χ3v) is 2.71. The summed E-state index contributed by atoms with van der Waals surface area (Å²) < 4.78 is 15.5. The molecule has 0 atom stereocenters. The Bertz CT molecular complexity index is 575. The average molecular weight is 261 g/mol. The molecule has 1 N–H and O–H groups in total. The Labute approximate surface area is 111 Å². The predicted molar refractivity (Wildman–Crippen MR) is 70.9 cm³/mol. The molecule has 5 nitrogen and oxygen atoms in total. The van der Waals surface area contributed by atoms with Crippen LogP contribution in [0.2, 0.25) is 0 Å². The lowest BCUT2D eigenvalue weighted by molar-refractivity contribution is 0.0996. The molecular formula is C14H15NO4. The van der Waals surface area contributed by atoms with Gasteiger partial charge in [-0.2, -0.15) is 0 Å². The molecule has 0 aliphatic carbocycles. The predicted octanol–water partition coefficient (Wildman–Crippen LogP) is 2.86. The topological polar surface area (TPSA) is 60.7 Å². The van der Waals surface area contributed by atoms with Crippen LogP contribution in [0.4, 0.5) is 5.69 Å². The minimum Gasteiger partial charge on any atom is -0.496 e. The highest BCUT2D eigenvalue weighted by Gasteiger charge is 2.14. The van der Waals surface area contributed by atoms with E-state index >= 15 is 0 Å². The van der Waals surface area contributed by atoms with Gasteiger partial charge >= 0.3 is 0 Å². The van der Waals surface area contributed by atoms with Crippen molar-refractivity contribution in [3.63, 3.8) is 0 Å². The molecule has 1 aromatic heterocycles. The standard InChI is InChI=1S/C14H15NO4/c1-9-7-13(18-3)10(8-12(9)17-2)15-14(16)11-5-4-6-19-11/h4-8H,1-3H3,(H,15,16). The molecule has 0 saturated carbocycles. The molecule has 5 heteroatoms. The van der Waals surface area contributed by atoms with Gasteiger partial charge in [0.25, 0.3) is 5.91 Å². The van der Waals surface area contributed by atoms with Crippen molar-refractivity contribution in [1.82, 2.24) is 0 Å². The number of aryl methyl sites for hydroxylation is 1. The van der Waals surface area contributed by atoms with E-state index in [1.807, 2.05) is 6.92 Å². The van der Waals surface area contributed by atoms with Gasteiger partial charge < -0.3 is 19.2 Å². The van der Waals surface area contributed by atoms with E-state index in [-0.39, 0.29) is 11.7 Å². The third kappa shape index (κ3) is 2.70. The Balaban J connectivity index is 2.31. The summed E-state index contributed by atoms with van der Waals surface area (Å²) in [6, 6.07) is 6.76. The molecule has 0 spiro atoms. The third-order valence-electron chi connectivity index (χ3n) is 2.71. The summed E-state index contributed by atoms with van der Waals surface area (Å²) in [5.74, 6) is 1.14. The second kappa shape index (κ2) is 5.48. The number of carbonyl (C=O) groups excluding carboxylic acids is 1. The first-order valence-electron chi connectivity index (χ1n) is 5.73. The van der Waals surface area contributed by atoms with E-state index in [4.69, 9.17) is 13.9 Å². The highest BCUT2D eigenvalue weighted by Crippen LogP contribution is 2.32. The molecule has 19 heavy (non-hydrogen) atoms. The lowest BCUT2D eigenvalue weighted by atomic mass is 10.2. The van der Waals surface area contributed by atoms with Crippen molar-refractivity contribution >= 4 is 11.6 Å². The Kier molecular flexibility index (Phi) is 3.75. The zero-order valence-electron chi connectivity index (χ0n) is 11.0. The Morgan fingerprint density at radius 3 is 2.53 bits per heavy atom. The first kappa shape index (κ1) is 13.0. The fourth-order valence-corrected chi connectivity index (χ4v) is 1.74. The van der Waals surface area contributed by atoms with Gasteiger partial charge in [-0.3, -0.25) is 4.79 Å². The van der Waals surface area contributed by atoms with Crippen molar-refractivity contribution in [3.8, 4) is 11.5 Å². The van der Waals surface area contributed by atoms with Crippen molar-refractivity contribution < 1.29 is 18.7 Å². The lowest BCUT2D eigenvalue weighted by Gasteiger charge is -2.13. The molecule has 2 rings (SSSR count). The Hall–Kier alpha value is -2.43. The fourth-order valence-electron chi connectivity index (χ4n) is 1.74. The maximum atomic E-state index is 11.9. The monoisotopic (exact) mass is 261 g/mol. The molecule has 0 aliphatic heterocycles. The van der Waals surface area contributed by atoms with E-state index in [0.717, 1.165) is 5.56 Å². The van der Waals surface area contributed by atoms with Crippen LogP contribution in [0, 0.1) is 6.92 Å². The molecule has 1 aromatic carbocycles. The second-order valence-corrected chi connectivity index (χ2v) is 3.95. The largest absolute Gasteiger partial charge is 0.496 e. The summed E-state index contributed by atoms with van der Waals surface area (Å²) in [7, 11) is 3.12. The summed E-state index contributed by atoms with van der Waals surface area (Å²) in [5.41, 5.74) is 1.46. The first-order valence-corrected chi connectivity index (χ1v) is 5.73.